The van der Waals surface area contributed by atoms with E-state index < -0.39 is 10.0 Å². The van der Waals surface area contributed by atoms with Crippen molar-refractivity contribution < 1.29 is 13.2 Å². The van der Waals surface area contributed by atoms with Crippen LogP contribution in [-0.2, 0) is 10.0 Å². The van der Waals surface area contributed by atoms with Crippen LogP contribution in [0.2, 0.25) is 5.02 Å². The molecule has 8 nitrogen and oxygen atoms in total. The van der Waals surface area contributed by atoms with Gasteiger partial charge in [0, 0.05) is 52.0 Å². The molecule has 1 fully saturated rings. The first-order valence-electron chi connectivity index (χ1n) is 10.2. The van der Waals surface area contributed by atoms with Crippen LogP contribution in [0.15, 0.2) is 52.2 Å². The largest absolute Gasteiger partial charge is 0.396 e. The van der Waals surface area contributed by atoms with Crippen molar-refractivity contribution in [2.24, 2.45) is 0 Å². The van der Waals surface area contributed by atoms with E-state index in [1.54, 1.807) is 49.9 Å². The topological polar surface area (TPSA) is 99.8 Å². The van der Waals surface area contributed by atoms with Crippen LogP contribution in [0.3, 0.4) is 0 Å². The average Bonchev–Trinajstić information content (AvgIpc) is 3.34. The Kier molecular flexibility index (Phi) is 6.62. The molecule has 0 unspecified atom stereocenters. The summed E-state index contributed by atoms with van der Waals surface area (Å²) in [4.78, 5) is 20.2. The number of nitrogens with two attached hydrogens (primary N) is 1. The van der Waals surface area contributed by atoms with Crippen molar-refractivity contribution >= 4 is 50.4 Å². The van der Waals surface area contributed by atoms with Crippen LogP contribution < -0.4 is 10.6 Å². The summed E-state index contributed by atoms with van der Waals surface area (Å²) in [5.41, 5.74) is 8.81. The predicted molar refractivity (Wildman–Crippen MR) is 132 cm³/mol. The Morgan fingerprint density at radius 2 is 1.85 bits per heavy atom. The number of piperazine rings is 1. The number of nitrogens with zero attached hydrogens (tertiary/aromatic N) is 4. The molecular weight excluding hydrogens is 482 g/mol. The monoisotopic (exact) mass is 505 g/mol. The van der Waals surface area contributed by atoms with Crippen molar-refractivity contribution in [1.29, 1.82) is 0 Å². The predicted octanol–water partition coefficient (Wildman–Crippen LogP) is 3.26. The molecule has 0 saturated carbocycles. The Morgan fingerprint density at radius 3 is 2.42 bits per heavy atom. The van der Waals surface area contributed by atoms with Crippen molar-refractivity contribution in [3.8, 4) is 11.1 Å². The van der Waals surface area contributed by atoms with Crippen molar-refractivity contribution in [2.45, 2.75) is 4.21 Å². The molecule has 0 bridgehead atoms. The lowest BCUT2D eigenvalue weighted by Gasteiger charge is -2.34. The Bertz CT molecular complexity index is 1270. The molecule has 0 atom stereocenters. The van der Waals surface area contributed by atoms with Crippen molar-refractivity contribution in [3.63, 3.8) is 0 Å². The molecule has 3 aromatic rings. The molecule has 1 saturated heterocycles. The van der Waals surface area contributed by atoms with Gasteiger partial charge in [-0.25, -0.2) is 13.4 Å². The lowest BCUT2D eigenvalue weighted by molar-refractivity contribution is 0.0828. The lowest BCUT2D eigenvalue weighted by atomic mass is 10.0. The number of carbonyl (C=O) groups is 1. The number of aromatic nitrogens is 1. The second-order valence-corrected chi connectivity index (χ2v) is 11.4. The number of halogens is 1. The normalized spacial score (nSPS) is 14.9. The van der Waals surface area contributed by atoms with Crippen LogP contribution in [0.1, 0.15) is 10.4 Å². The molecule has 11 heteroatoms. The summed E-state index contributed by atoms with van der Waals surface area (Å²) in [6, 6.07) is 10.4. The zero-order valence-electron chi connectivity index (χ0n) is 18.2. The Balaban J connectivity index is 1.49. The number of hydrogen-bond acceptors (Lipinski definition) is 7. The van der Waals surface area contributed by atoms with E-state index in [1.807, 2.05) is 17.0 Å². The molecule has 4 rings (SSSR count). The van der Waals surface area contributed by atoms with E-state index in [-0.39, 0.29) is 5.91 Å². The SMILES string of the molecule is CN(C)C(=O)c1ccc(-c2cnc(N3CCN(S(=O)(=O)c4cccs4)CC3)c(N)c2)cc1Cl. The molecule has 0 aliphatic carbocycles. The number of thiophene rings is 1. The third kappa shape index (κ3) is 4.70. The summed E-state index contributed by atoms with van der Waals surface area (Å²) in [6.45, 7) is 1.71. The number of hydrogen-bond donors (Lipinski definition) is 1. The van der Waals surface area contributed by atoms with E-state index in [1.165, 1.54) is 20.5 Å². The van der Waals surface area contributed by atoms with Crippen LogP contribution >= 0.6 is 22.9 Å². The molecule has 3 heterocycles. The van der Waals surface area contributed by atoms with E-state index >= 15 is 0 Å². The molecule has 0 radical (unpaired) electrons. The van der Waals surface area contributed by atoms with Gasteiger partial charge >= 0.3 is 0 Å². The number of carbonyl (C=O) groups excluding carboxylic acids is 1. The van der Waals surface area contributed by atoms with Gasteiger partial charge in [-0.15, -0.1) is 11.3 Å². The summed E-state index contributed by atoms with van der Waals surface area (Å²) in [5.74, 6) is 0.456. The fourth-order valence-corrected chi connectivity index (χ4v) is 6.51. The van der Waals surface area contributed by atoms with Gasteiger partial charge in [-0.2, -0.15) is 4.31 Å². The molecule has 174 valence electrons. The van der Waals surface area contributed by atoms with E-state index in [9.17, 15) is 13.2 Å². The Hall–Kier alpha value is -2.66. The van der Waals surface area contributed by atoms with Crippen LogP contribution in [0, 0.1) is 0 Å². The molecule has 1 amide bonds. The number of amides is 1. The lowest BCUT2D eigenvalue weighted by Crippen LogP contribution is -2.48. The van der Waals surface area contributed by atoms with Gasteiger partial charge in [-0.05, 0) is 35.2 Å². The van der Waals surface area contributed by atoms with Crippen LogP contribution in [0.4, 0.5) is 11.5 Å². The molecular formula is C22H24ClN5O3S2. The highest BCUT2D eigenvalue weighted by molar-refractivity contribution is 7.91. The van der Waals surface area contributed by atoms with E-state index in [4.69, 9.17) is 17.3 Å². The molecule has 2 aromatic heterocycles. The maximum atomic E-state index is 12.7. The third-order valence-electron chi connectivity index (χ3n) is 5.46. The zero-order valence-corrected chi connectivity index (χ0v) is 20.6. The maximum Gasteiger partial charge on any atom is 0.254 e. The van der Waals surface area contributed by atoms with Crippen molar-refractivity contribution in [1.82, 2.24) is 14.2 Å². The third-order valence-corrected chi connectivity index (χ3v) is 9.05. The highest BCUT2D eigenvalue weighted by Crippen LogP contribution is 2.31. The Morgan fingerprint density at radius 1 is 1.12 bits per heavy atom. The van der Waals surface area contributed by atoms with Gasteiger partial charge in [-0.1, -0.05) is 23.7 Å². The maximum absolute atomic E-state index is 12.7. The Labute approximate surface area is 202 Å². The van der Waals surface area contributed by atoms with Gasteiger partial charge < -0.3 is 15.5 Å². The second-order valence-electron chi connectivity index (χ2n) is 7.85. The van der Waals surface area contributed by atoms with Gasteiger partial charge in [0.2, 0.25) is 0 Å². The highest BCUT2D eigenvalue weighted by Gasteiger charge is 2.30. The van der Waals surface area contributed by atoms with Gasteiger partial charge in [0.25, 0.3) is 15.9 Å². The molecule has 1 aromatic carbocycles. The number of pyridine rings is 1. The van der Waals surface area contributed by atoms with E-state index in [0.717, 1.165) is 11.1 Å². The fourth-order valence-electron chi connectivity index (χ4n) is 3.68. The summed E-state index contributed by atoms with van der Waals surface area (Å²) in [6.07, 6.45) is 1.71. The first kappa shape index (κ1) is 23.5. The van der Waals surface area contributed by atoms with Crippen molar-refractivity contribution in [2.75, 3.05) is 50.9 Å². The number of rotatable bonds is 5. The van der Waals surface area contributed by atoms with Gasteiger partial charge in [-0.3, -0.25) is 4.79 Å². The minimum atomic E-state index is -3.46. The fraction of sp³-hybridized carbons (Fsp3) is 0.273. The standard InChI is InChI=1S/C22H24ClN5O3S2/c1-26(2)22(29)17-6-5-15(12-18(17)23)16-13-19(24)21(25-14-16)27-7-9-28(10-8-27)33(30,31)20-4-3-11-32-20/h3-6,11-14H,7-10,24H2,1-2H3. The van der Waals surface area contributed by atoms with E-state index in [2.05, 4.69) is 4.98 Å². The van der Waals surface area contributed by atoms with Gasteiger partial charge in [0.15, 0.2) is 5.82 Å². The van der Waals surface area contributed by atoms with Gasteiger partial charge in [0.05, 0.1) is 16.3 Å². The highest BCUT2D eigenvalue weighted by atomic mass is 35.5. The minimum absolute atomic E-state index is 0.167. The van der Waals surface area contributed by atoms with Crippen LogP contribution in [-0.4, -0.2) is 68.8 Å². The molecule has 1 aliphatic heterocycles. The number of anilines is 2. The van der Waals surface area contributed by atoms with Crippen molar-refractivity contribution in [3.05, 3.63) is 58.6 Å². The number of nitrogen functional groups attached to an aromatic ring is 1. The summed E-state index contributed by atoms with van der Waals surface area (Å²) in [5, 5.41) is 2.12. The zero-order chi connectivity index (χ0) is 23.8. The average molecular weight is 506 g/mol. The van der Waals surface area contributed by atoms with Crippen LogP contribution in [0.5, 0.6) is 0 Å². The molecule has 33 heavy (non-hydrogen) atoms. The quantitative estimate of drug-likeness (QED) is 0.571. The number of sulfonamides is 1. The van der Waals surface area contributed by atoms with Gasteiger partial charge in [0.1, 0.15) is 4.21 Å². The second kappa shape index (κ2) is 9.30. The molecule has 0 spiro atoms. The summed E-state index contributed by atoms with van der Waals surface area (Å²) >= 11 is 7.56. The smallest absolute Gasteiger partial charge is 0.254 e. The minimum Gasteiger partial charge on any atom is -0.396 e. The van der Waals surface area contributed by atoms with E-state index in [0.29, 0.717) is 52.5 Å². The first-order valence-corrected chi connectivity index (χ1v) is 12.9. The number of benzene rings is 1. The van der Waals surface area contributed by atoms with Crippen LogP contribution in [0.25, 0.3) is 11.1 Å². The summed E-state index contributed by atoms with van der Waals surface area (Å²) in [7, 11) is -0.115. The first-order chi connectivity index (χ1) is 15.7. The summed E-state index contributed by atoms with van der Waals surface area (Å²) < 4.78 is 27.3. The molecule has 2 N–H and O–H groups in total. The molecule has 1 aliphatic rings.